The van der Waals surface area contributed by atoms with Crippen molar-refractivity contribution in [2.75, 3.05) is 13.7 Å². The number of hydrazine groups is 1. The number of allylic oxidation sites excluding steroid dienone is 1. The Bertz CT molecular complexity index is 1050. The molecule has 2 aromatic carbocycles. The number of carbonyl (C=O) groups is 1. The second-order valence-corrected chi connectivity index (χ2v) is 6.82. The first-order valence-corrected chi connectivity index (χ1v) is 9.91. The molecule has 0 saturated carbocycles. The van der Waals surface area contributed by atoms with Gasteiger partial charge < -0.3 is 19.5 Å². The molecule has 0 fully saturated rings. The number of rotatable bonds is 8. The van der Waals surface area contributed by atoms with Gasteiger partial charge >= 0.3 is 5.97 Å². The summed E-state index contributed by atoms with van der Waals surface area (Å²) in [6.45, 7) is 3.86. The first-order chi connectivity index (χ1) is 15.4. The van der Waals surface area contributed by atoms with Gasteiger partial charge in [0.1, 0.15) is 12.6 Å². The first-order valence-electron chi connectivity index (χ1n) is 9.91. The predicted molar refractivity (Wildman–Crippen MR) is 117 cm³/mol. The molecule has 0 unspecified atom stereocenters. The van der Waals surface area contributed by atoms with Crippen molar-refractivity contribution in [1.29, 1.82) is 0 Å². The highest BCUT2D eigenvalue weighted by Crippen LogP contribution is 2.37. The molecule has 1 heterocycles. The van der Waals surface area contributed by atoms with Gasteiger partial charge in [0.05, 0.1) is 19.3 Å². The maximum atomic E-state index is 12.6. The maximum absolute atomic E-state index is 12.6. The zero-order valence-electron chi connectivity index (χ0n) is 18.0. The smallest absolute Gasteiger partial charge is 0.338 e. The van der Waals surface area contributed by atoms with Crippen LogP contribution < -0.4 is 20.2 Å². The van der Waals surface area contributed by atoms with Gasteiger partial charge in [0.25, 0.3) is 5.96 Å². The topological polar surface area (TPSA) is 124 Å². The lowest BCUT2D eigenvalue weighted by atomic mass is 9.96. The molecule has 0 aliphatic carbocycles. The molecule has 0 bridgehead atoms. The molecular formula is C22H24N4O6. The van der Waals surface area contributed by atoms with E-state index in [4.69, 9.17) is 14.2 Å². The average Bonchev–Trinajstić information content (AvgIpc) is 2.77. The lowest BCUT2D eigenvalue weighted by Gasteiger charge is -2.25. The monoisotopic (exact) mass is 440 g/mol. The van der Waals surface area contributed by atoms with E-state index in [1.807, 2.05) is 35.8 Å². The number of hydrogen-bond acceptors (Lipinski definition) is 8. The first kappa shape index (κ1) is 22.6. The summed E-state index contributed by atoms with van der Waals surface area (Å²) in [5.41, 5.74) is 4.23. The molecule has 2 aromatic rings. The summed E-state index contributed by atoms with van der Waals surface area (Å²) in [5, 5.41) is 12.9. The summed E-state index contributed by atoms with van der Waals surface area (Å²) >= 11 is 0. The molecule has 1 aliphatic rings. The number of hydrogen-bond donors (Lipinski definition) is 2. The van der Waals surface area contributed by atoms with Crippen LogP contribution in [0.5, 0.6) is 11.5 Å². The number of aliphatic imine (C=N–C) groups is 1. The fourth-order valence-corrected chi connectivity index (χ4v) is 3.24. The molecule has 168 valence electrons. The average molecular weight is 440 g/mol. The highest BCUT2D eigenvalue weighted by atomic mass is 16.7. The van der Waals surface area contributed by atoms with E-state index in [1.54, 1.807) is 32.0 Å². The van der Waals surface area contributed by atoms with Gasteiger partial charge in [-0.2, -0.15) is 0 Å². The number of ether oxygens (including phenoxy) is 3. The second kappa shape index (κ2) is 10.3. The van der Waals surface area contributed by atoms with Gasteiger partial charge in [0.15, 0.2) is 16.5 Å². The minimum atomic E-state index is -0.838. The largest absolute Gasteiger partial charge is 0.493 e. The van der Waals surface area contributed by atoms with E-state index >= 15 is 0 Å². The second-order valence-electron chi connectivity index (χ2n) is 6.82. The van der Waals surface area contributed by atoms with Crippen molar-refractivity contribution in [3.63, 3.8) is 0 Å². The van der Waals surface area contributed by atoms with Crippen molar-refractivity contribution >= 4 is 11.9 Å². The summed E-state index contributed by atoms with van der Waals surface area (Å²) in [5.74, 6) is 0.306. The third-order valence-electron chi connectivity index (χ3n) is 4.67. The Kier molecular flexibility index (Phi) is 7.27. The highest BCUT2D eigenvalue weighted by molar-refractivity contribution is 5.95. The van der Waals surface area contributed by atoms with Crippen LogP contribution in [0, 0.1) is 10.1 Å². The van der Waals surface area contributed by atoms with Crippen molar-refractivity contribution < 1.29 is 24.0 Å². The zero-order chi connectivity index (χ0) is 23.1. The third-order valence-corrected chi connectivity index (χ3v) is 4.67. The molecular weight excluding hydrogens is 416 g/mol. The van der Waals surface area contributed by atoms with Gasteiger partial charge in [-0.15, -0.1) is 0 Å². The van der Waals surface area contributed by atoms with Crippen molar-refractivity contribution in [3.8, 4) is 11.5 Å². The van der Waals surface area contributed by atoms with Crippen LogP contribution in [0.4, 0.5) is 0 Å². The summed E-state index contributed by atoms with van der Waals surface area (Å²) < 4.78 is 16.5. The molecule has 10 heteroatoms. The van der Waals surface area contributed by atoms with Crippen LogP contribution in [0.15, 0.2) is 64.8 Å². The molecule has 2 N–H and O–H groups in total. The SMILES string of the molecule is CCOC(=O)C1=C(C)NC(N[N+](=O)[O-])=N[C@@H]1c1ccc(OCc2ccccc2)c(OC)c1. The van der Waals surface area contributed by atoms with Crippen LogP contribution in [-0.2, 0) is 16.1 Å². The number of carbonyl (C=O) groups excluding carboxylic acids is 1. The normalized spacial score (nSPS) is 15.3. The van der Waals surface area contributed by atoms with Gasteiger partial charge in [0.2, 0.25) is 0 Å². The number of nitrogens with zero attached hydrogens (tertiary/aromatic N) is 2. The van der Waals surface area contributed by atoms with Gasteiger partial charge in [0, 0.05) is 5.70 Å². The van der Waals surface area contributed by atoms with E-state index in [9.17, 15) is 14.9 Å². The molecule has 1 aliphatic heterocycles. The molecule has 3 rings (SSSR count). The Morgan fingerprint density at radius 2 is 1.97 bits per heavy atom. The van der Waals surface area contributed by atoms with Gasteiger partial charge in [-0.3, -0.25) is 0 Å². The molecule has 1 atom stereocenters. The van der Waals surface area contributed by atoms with Crippen molar-refractivity contribution in [3.05, 3.63) is 81.0 Å². The highest BCUT2D eigenvalue weighted by Gasteiger charge is 2.32. The Balaban J connectivity index is 1.93. The van der Waals surface area contributed by atoms with Crippen LogP contribution in [0.25, 0.3) is 0 Å². The van der Waals surface area contributed by atoms with Crippen molar-refractivity contribution in [2.24, 2.45) is 4.99 Å². The molecule has 0 aromatic heterocycles. The standard InChI is InChI=1S/C22H24N4O6/c1-4-31-21(27)19-14(2)23-22(25-26(28)29)24-20(19)16-10-11-17(18(12-16)30-3)32-13-15-8-6-5-7-9-15/h5-12,20H,4,13H2,1-3H3,(H2,23,24,25)/t20-/m1/s1. The fourth-order valence-electron chi connectivity index (χ4n) is 3.24. The molecule has 0 spiro atoms. The number of esters is 1. The Hall–Kier alpha value is -4.08. The fraction of sp³-hybridized carbons (Fsp3) is 0.273. The minimum Gasteiger partial charge on any atom is -0.493 e. The van der Waals surface area contributed by atoms with Crippen LogP contribution >= 0.6 is 0 Å². The zero-order valence-corrected chi connectivity index (χ0v) is 18.0. The molecule has 32 heavy (non-hydrogen) atoms. The van der Waals surface area contributed by atoms with Crippen LogP contribution in [0.2, 0.25) is 0 Å². The quantitative estimate of drug-likeness (QED) is 0.365. The lowest BCUT2D eigenvalue weighted by Crippen LogP contribution is -2.43. The number of guanidine groups is 1. The van der Waals surface area contributed by atoms with E-state index in [1.165, 1.54) is 7.11 Å². The van der Waals surface area contributed by atoms with Crippen molar-refractivity contribution in [2.45, 2.75) is 26.5 Å². The van der Waals surface area contributed by atoms with E-state index in [2.05, 4.69) is 10.3 Å². The third kappa shape index (κ3) is 5.34. The van der Waals surface area contributed by atoms with E-state index in [-0.39, 0.29) is 18.1 Å². The number of methoxy groups -OCH3 is 1. The Morgan fingerprint density at radius 1 is 1.22 bits per heavy atom. The van der Waals surface area contributed by atoms with E-state index in [0.717, 1.165) is 5.56 Å². The van der Waals surface area contributed by atoms with Gasteiger partial charge in [-0.05, 0) is 37.1 Å². The van der Waals surface area contributed by atoms with Crippen LogP contribution in [-0.4, -0.2) is 30.7 Å². The molecule has 0 amide bonds. The molecule has 0 radical (unpaired) electrons. The Labute approximate surface area is 185 Å². The Morgan fingerprint density at radius 3 is 2.62 bits per heavy atom. The number of nitro groups is 1. The predicted octanol–water partition coefficient (Wildman–Crippen LogP) is 2.89. The van der Waals surface area contributed by atoms with E-state index in [0.29, 0.717) is 29.4 Å². The molecule has 0 saturated heterocycles. The maximum Gasteiger partial charge on any atom is 0.338 e. The van der Waals surface area contributed by atoms with Gasteiger partial charge in [-0.1, -0.05) is 41.8 Å². The lowest BCUT2D eigenvalue weighted by molar-refractivity contribution is -0.525. The summed E-state index contributed by atoms with van der Waals surface area (Å²) in [7, 11) is 1.51. The van der Waals surface area contributed by atoms with Crippen LogP contribution in [0.1, 0.15) is 31.0 Å². The summed E-state index contributed by atoms with van der Waals surface area (Å²) in [6.07, 6.45) is 0. The molecule has 10 nitrogen and oxygen atoms in total. The summed E-state index contributed by atoms with van der Waals surface area (Å²) in [6, 6.07) is 14.0. The van der Waals surface area contributed by atoms with Gasteiger partial charge in [-0.25, -0.2) is 19.9 Å². The van der Waals surface area contributed by atoms with Crippen molar-refractivity contribution in [1.82, 2.24) is 10.7 Å². The van der Waals surface area contributed by atoms with Crippen LogP contribution in [0.3, 0.4) is 0 Å². The number of benzene rings is 2. The minimum absolute atomic E-state index is 0.0890. The summed E-state index contributed by atoms with van der Waals surface area (Å²) in [4.78, 5) is 27.8. The number of nitrogens with one attached hydrogen (secondary N) is 2. The van der Waals surface area contributed by atoms with E-state index < -0.39 is 17.0 Å².